The van der Waals surface area contributed by atoms with Crippen LogP contribution in [0.5, 0.6) is 0 Å². The molecule has 0 amide bonds. The molecule has 17 unspecified atom stereocenters. The Morgan fingerprint density at radius 1 is 0.451 bits per heavy atom. The van der Waals surface area contributed by atoms with E-state index >= 15 is 0 Å². The Kier molecular flexibility index (Phi) is 11.6. The third-order valence-electron chi connectivity index (χ3n) is 15.2. The number of hydrogen-bond acceptors (Lipinski definition) is 10. The molecular formula is C38H65N9O2SZn. The second-order valence-electron chi connectivity index (χ2n) is 17.6. The van der Waals surface area contributed by atoms with E-state index in [1.807, 2.05) is 0 Å². The Morgan fingerprint density at radius 3 is 1.08 bits per heavy atom. The molecule has 5 heterocycles. The summed E-state index contributed by atoms with van der Waals surface area (Å²) in [6, 6.07) is 0. The fraction of sp³-hybridized carbons (Fsp3) is 0.895. The van der Waals surface area contributed by atoms with Crippen LogP contribution in [0.3, 0.4) is 0 Å². The van der Waals surface area contributed by atoms with Crippen LogP contribution in [-0.4, -0.2) is 80.4 Å². The fourth-order valence-corrected chi connectivity index (χ4v) is 15.3. The monoisotopic (exact) mass is 775 g/mol. The molecule has 4 saturated carbocycles. The van der Waals surface area contributed by atoms with Crippen LogP contribution < -0.4 is 42.5 Å². The average molecular weight is 777 g/mol. The number of sulfonamides is 1. The summed E-state index contributed by atoms with van der Waals surface area (Å²) < 4.78 is 30.8. The van der Waals surface area contributed by atoms with Crippen molar-refractivity contribution in [1.29, 1.82) is 0 Å². The number of fused-ring (bicyclic) bond motifs is 20. The SMILES string of the molecule is C=CCN(CC=C)S(=O)(=O)C1CCCC2C3NC4NC(NC5NC(NC6NC(NC(N3)C21)C1CCCCC61)C1CCCCC51)C1CCCCC41.[Zn]. The first kappa shape index (κ1) is 37.6. The first-order valence-electron chi connectivity index (χ1n) is 20.7. The van der Waals surface area contributed by atoms with Crippen LogP contribution in [-0.2, 0) is 29.5 Å². The molecule has 8 bridgehead atoms. The Hall–Kier alpha value is -0.307. The van der Waals surface area contributed by atoms with Gasteiger partial charge in [-0.1, -0.05) is 57.1 Å². The predicted octanol–water partition coefficient (Wildman–Crippen LogP) is 2.59. The van der Waals surface area contributed by atoms with E-state index in [1.54, 1.807) is 16.5 Å². The number of nitrogens with zero attached hydrogens (tertiary/aromatic N) is 1. The summed E-state index contributed by atoms with van der Waals surface area (Å²) in [6.45, 7) is 8.44. The Bertz CT molecular complexity index is 1350. The molecule has 0 spiro atoms. The predicted molar refractivity (Wildman–Crippen MR) is 197 cm³/mol. The Morgan fingerprint density at radius 2 is 0.745 bits per heavy atom. The van der Waals surface area contributed by atoms with Gasteiger partial charge in [0.1, 0.15) is 0 Å². The Labute approximate surface area is 320 Å². The van der Waals surface area contributed by atoms with Gasteiger partial charge in [0.25, 0.3) is 0 Å². The van der Waals surface area contributed by atoms with Crippen molar-refractivity contribution in [2.75, 3.05) is 13.1 Å². The van der Waals surface area contributed by atoms with E-state index in [9.17, 15) is 8.42 Å². The molecule has 0 aromatic heterocycles. The molecule has 51 heavy (non-hydrogen) atoms. The van der Waals surface area contributed by atoms with Gasteiger partial charge in [-0.2, -0.15) is 4.31 Å². The largest absolute Gasteiger partial charge is 0.286 e. The minimum atomic E-state index is -3.59. The normalized spacial score (nSPS) is 49.2. The second kappa shape index (κ2) is 15.7. The zero-order valence-electron chi connectivity index (χ0n) is 30.8. The molecule has 5 aliphatic heterocycles. The van der Waals surface area contributed by atoms with Gasteiger partial charge in [0.05, 0.1) is 54.6 Å². The minimum Gasteiger partial charge on any atom is -0.286 e. The third-order valence-corrected chi connectivity index (χ3v) is 17.6. The quantitative estimate of drug-likeness (QED) is 0.151. The molecule has 9 fully saturated rings. The molecule has 17 atom stereocenters. The van der Waals surface area contributed by atoms with Gasteiger partial charge >= 0.3 is 0 Å². The van der Waals surface area contributed by atoms with Crippen molar-refractivity contribution >= 4 is 10.0 Å². The van der Waals surface area contributed by atoms with Crippen molar-refractivity contribution in [2.24, 2.45) is 47.3 Å². The summed E-state index contributed by atoms with van der Waals surface area (Å²) >= 11 is 0. The zero-order chi connectivity index (χ0) is 34.0. The van der Waals surface area contributed by atoms with Gasteiger partial charge in [0.15, 0.2) is 0 Å². The van der Waals surface area contributed by atoms with E-state index in [2.05, 4.69) is 55.7 Å². The van der Waals surface area contributed by atoms with Crippen molar-refractivity contribution in [2.45, 2.75) is 151 Å². The molecule has 0 radical (unpaired) electrons. The van der Waals surface area contributed by atoms with Crippen LogP contribution in [0.1, 0.15) is 96.3 Å². The molecule has 4 aliphatic carbocycles. The van der Waals surface area contributed by atoms with Crippen LogP contribution in [0.4, 0.5) is 0 Å². The van der Waals surface area contributed by atoms with Gasteiger partial charge in [0, 0.05) is 38.5 Å². The molecule has 8 N–H and O–H groups in total. The van der Waals surface area contributed by atoms with E-state index in [0.717, 1.165) is 12.8 Å². The smallest absolute Gasteiger partial charge is 0.217 e. The van der Waals surface area contributed by atoms with Gasteiger partial charge in [0.2, 0.25) is 10.0 Å². The molecule has 11 nitrogen and oxygen atoms in total. The molecule has 282 valence electrons. The second-order valence-corrected chi connectivity index (χ2v) is 19.8. The number of hydrogen-bond donors (Lipinski definition) is 8. The van der Waals surface area contributed by atoms with Crippen LogP contribution >= 0.6 is 0 Å². The van der Waals surface area contributed by atoms with Crippen molar-refractivity contribution in [3.63, 3.8) is 0 Å². The van der Waals surface area contributed by atoms with Gasteiger partial charge in [-0.3, -0.25) is 42.5 Å². The van der Waals surface area contributed by atoms with Crippen LogP contribution in [0.25, 0.3) is 0 Å². The summed E-state index contributed by atoms with van der Waals surface area (Å²) in [7, 11) is -3.59. The Balaban J connectivity index is 0.00000374. The van der Waals surface area contributed by atoms with E-state index in [0.29, 0.717) is 67.3 Å². The summed E-state index contributed by atoms with van der Waals surface area (Å²) in [5.74, 6) is 3.76. The molecule has 13 heteroatoms. The van der Waals surface area contributed by atoms with Crippen molar-refractivity contribution in [3.05, 3.63) is 25.3 Å². The third kappa shape index (κ3) is 6.82. The summed E-state index contributed by atoms with van der Waals surface area (Å²) in [5, 5.41) is 32.8. The van der Waals surface area contributed by atoms with Crippen LogP contribution in [0.15, 0.2) is 25.3 Å². The molecular weight excluding hydrogens is 712 g/mol. The van der Waals surface area contributed by atoms with E-state index < -0.39 is 15.3 Å². The fourth-order valence-electron chi connectivity index (χ4n) is 13.1. The molecule has 9 rings (SSSR count). The standard InChI is InChI=1S/C38H65N9O2S.Zn/c1-3-20-47(21-4-2)50(48,49)29-19-11-18-28-30(29)38-45-36-27-17-10-9-16-26(27)34(43-36)41-32-23-13-6-5-12-22(23)31(39-32)40-33-24-14-7-8-15-25(24)35(42-33)44-37(28)46-38;/h3-4,22-46H,1-2,5-21H2;. The zero-order valence-corrected chi connectivity index (χ0v) is 34.6. The van der Waals surface area contributed by atoms with E-state index in [-0.39, 0.29) is 68.3 Å². The van der Waals surface area contributed by atoms with Gasteiger partial charge in [-0.15, -0.1) is 13.2 Å². The molecule has 9 aliphatic rings. The maximum Gasteiger partial charge on any atom is 0.217 e. The number of nitrogens with one attached hydrogen (secondary N) is 8. The first-order chi connectivity index (χ1) is 24.4. The van der Waals surface area contributed by atoms with E-state index in [1.165, 1.54) is 77.0 Å². The van der Waals surface area contributed by atoms with Crippen LogP contribution in [0.2, 0.25) is 0 Å². The van der Waals surface area contributed by atoms with Crippen molar-refractivity contribution in [3.8, 4) is 0 Å². The molecule has 0 aromatic carbocycles. The first-order valence-corrected chi connectivity index (χ1v) is 22.2. The van der Waals surface area contributed by atoms with Gasteiger partial charge < -0.3 is 0 Å². The maximum absolute atomic E-state index is 14.6. The summed E-state index contributed by atoms with van der Waals surface area (Å²) in [5.41, 5.74) is 0. The summed E-state index contributed by atoms with van der Waals surface area (Å²) in [6.07, 6.45) is 22.9. The van der Waals surface area contributed by atoms with Crippen molar-refractivity contribution in [1.82, 2.24) is 46.8 Å². The minimum absolute atomic E-state index is 0. The van der Waals surface area contributed by atoms with Gasteiger partial charge in [-0.05, 0) is 92.8 Å². The average Bonchev–Trinajstić information content (AvgIpc) is 3.87. The van der Waals surface area contributed by atoms with Gasteiger partial charge in [-0.25, -0.2) is 8.42 Å². The molecule has 0 aromatic rings. The van der Waals surface area contributed by atoms with Crippen molar-refractivity contribution < 1.29 is 27.9 Å². The maximum atomic E-state index is 14.6. The number of rotatable bonds is 6. The summed E-state index contributed by atoms with van der Waals surface area (Å²) in [4.78, 5) is 0. The van der Waals surface area contributed by atoms with E-state index in [4.69, 9.17) is 0 Å². The molecule has 5 saturated heterocycles. The topological polar surface area (TPSA) is 134 Å². The van der Waals surface area contributed by atoms with Crippen LogP contribution in [0, 0.1) is 47.3 Å².